The maximum absolute atomic E-state index is 14.0. The summed E-state index contributed by atoms with van der Waals surface area (Å²) in [7, 11) is 0. The number of ether oxygens (including phenoxy) is 4. The summed E-state index contributed by atoms with van der Waals surface area (Å²) >= 11 is 7.74. The molecule has 0 radical (unpaired) electrons. The molecule has 1 saturated heterocycles. The second kappa shape index (κ2) is 24.4. The fraction of sp³-hybridized carbons (Fsp3) is 0.519. The predicted molar refractivity (Wildman–Crippen MR) is 274 cm³/mol. The minimum absolute atomic E-state index is 0.0163. The summed E-state index contributed by atoms with van der Waals surface area (Å²) in [6.07, 6.45) is 0.600. The number of carbonyl (C=O) groups is 4. The number of likely N-dealkylation sites (tertiary alicyclic amines) is 1. The van der Waals surface area contributed by atoms with E-state index in [1.54, 1.807) is 80.9 Å². The molecule has 4 aromatic rings. The third-order valence-corrected chi connectivity index (χ3v) is 14.6. The van der Waals surface area contributed by atoms with Gasteiger partial charge in [-0.05, 0) is 80.0 Å². The highest BCUT2D eigenvalue weighted by molar-refractivity contribution is 7.13. The first-order valence-electron chi connectivity index (χ1n) is 24.4. The van der Waals surface area contributed by atoms with Crippen LogP contribution >= 0.6 is 22.9 Å². The summed E-state index contributed by atoms with van der Waals surface area (Å²) in [4.78, 5) is 60.4. The number of nitriles is 1. The Bertz CT molecular complexity index is 2520. The lowest BCUT2D eigenvalue weighted by Gasteiger charge is -2.63. The summed E-state index contributed by atoms with van der Waals surface area (Å²) in [6.45, 7) is 17.0. The molecule has 0 bridgehead atoms. The molecule has 2 fully saturated rings. The van der Waals surface area contributed by atoms with Crippen LogP contribution in [0.3, 0.4) is 0 Å². The van der Waals surface area contributed by atoms with Gasteiger partial charge in [-0.25, -0.2) is 4.98 Å². The number of halogens is 1. The number of aliphatic hydroxyl groups is 2. The number of carbonyl (C=O) groups excluding carboxylic acids is 4. The Morgan fingerprint density at radius 1 is 0.903 bits per heavy atom. The molecule has 2 aliphatic rings. The van der Waals surface area contributed by atoms with E-state index in [2.05, 4.69) is 54.7 Å². The van der Waals surface area contributed by atoms with Gasteiger partial charge < -0.3 is 50.0 Å². The van der Waals surface area contributed by atoms with E-state index in [1.807, 2.05) is 19.1 Å². The number of hydrogen-bond acceptors (Lipinski definition) is 13. The van der Waals surface area contributed by atoms with Gasteiger partial charge in [-0.2, -0.15) is 5.26 Å². The first-order chi connectivity index (χ1) is 34.1. The highest BCUT2D eigenvalue weighted by Gasteiger charge is 2.64. The smallest absolute Gasteiger partial charge is 0.251 e. The van der Waals surface area contributed by atoms with Crippen LogP contribution in [-0.4, -0.2) is 114 Å². The summed E-state index contributed by atoms with van der Waals surface area (Å²) in [5.74, 6) is -0.556. The highest BCUT2D eigenvalue weighted by atomic mass is 35.5. The molecule has 1 aliphatic carbocycles. The lowest BCUT2D eigenvalue weighted by molar-refractivity contribution is -0.164. The Kier molecular flexibility index (Phi) is 18.9. The highest BCUT2D eigenvalue weighted by Crippen LogP contribution is 2.55. The van der Waals surface area contributed by atoms with Crippen LogP contribution in [0, 0.1) is 34.5 Å². The van der Waals surface area contributed by atoms with Crippen LogP contribution in [0.25, 0.3) is 10.4 Å². The minimum Gasteiger partial charge on any atom is -0.494 e. The molecule has 5 N–H and O–H groups in total. The monoisotopic (exact) mass is 1030 g/mol. The van der Waals surface area contributed by atoms with E-state index in [0.29, 0.717) is 59.5 Å². The zero-order chi connectivity index (χ0) is 52.4. The largest absolute Gasteiger partial charge is 0.494 e. The van der Waals surface area contributed by atoms with Crippen LogP contribution in [-0.2, 0) is 23.9 Å². The average molecular weight is 1030 g/mol. The van der Waals surface area contributed by atoms with Crippen molar-refractivity contribution in [2.45, 2.75) is 124 Å². The summed E-state index contributed by atoms with van der Waals surface area (Å²) in [5, 5.41) is 39.6. The summed E-state index contributed by atoms with van der Waals surface area (Å²) in [6, 6.07) is 19.1. The third kappa shape index (κ3) is 13.9. The zero-order valence-electron chi connectivity index (χ0n) is 42.5. The quantitative estimate of drug-likeness (QED) is 0.0360. The maximum atomic E-state index is 14.0. The molecule has 18 heteroatoms. The van der Waals surface area contributed by atoms with E-state index in [9.17, 15) is 34.7 Å². The molecule has 1 saturated carbocycles. The van der Waals surface area contributed by atoms with Gasteiger partial charge in [0.1, 0.15) is 42.4 Å². The molecule has 388 valence electrons. The van der Waals surface area contributed by atoms with Crippen LogP contribution in [0.1, 0.15) is 114 Å². The van der Waals surface area contributed by atoms with E-state index in [1.165, 1.54) is 16.2 Å². The normalized spacial score (nSPS) is 19.8. The van der Waals surface area contributed by atoms with Gasteiger partial charge in [-0.1, -0.05) is 84.3 Å². The van der Waals surface area contributed by atoms with E-state index in [-0.39, 0.29) is 55.1 Å². The van der Waals surface area contributed by atoms with Crippen molar-refractivity contribution in [1.82, 2.24) is 25.8 Å². The summed E-state index contributed by atoms with van der Waals surface area (Å²) in [5.41, 5.74) is 3.46. The lowest BCUT2D eigenvalue weighted by Crippen LogP contribution is -2.74. The van der Waals surface area contributed by atoms with E-state index < -0.39 is 47.6 Å². The number of nitrogens with one attached hydrogen (secondary N) is 3. The molecule has 4 amide bonds. The van der Waals surface area contributed by atoms with Gasteiger partial charge in [0, 0.05) is 66.9 Å². The molecular formula is C54H69ClN6O10S. The minimum atomic E-state index is -1.35. The van der Waals surface area contributed by atoms with Crippen LogP contribution in [0.5, 0.6) is 11.5 Å². The number of nitrogens with zero attached hydrogens (tertiary/aromatic N) is 3. The van der Waals surface area contributed by atoms with Gasteiger partial charge in [0.05, 0.1) is 39.4 Å². The molecule has 0 spiro atoms. The van der Waals surface area contributed by atoms with Crippen LogP contribution in [0.15, 0.2) is 72.2 Å². The second-order valence-electron chi connectivity index (χ2n) is 20.8. The molecule has 72 heavy (non-hydrogen) atoms. The second-order valence-corrected chi connectivity index (χ2v) is 22.1. The molecule has 3 aromatic carbocycles. The van der Waals surface area contributed by atoms with Crippen molar-refractivity contribution in [2.75, 3.05) is 39.6 Å². The van der Waals surface area contributed by atoms with Crippen LogP contribution < -0.4 is 25.4 Å². The van der Waals surface area contributed by atoms with E-state index >= 15 is 0 Å². The molecule has 16 nitrogen and oxygen atoms in total. The Hall–Kier alpha value is -5.61. The van der Waals surface area contributed by atoms with Gasteiger partial charge in [0.2, 0.25) is 17.7 Å². The van der Waals surface area contributed by atoms with Crippen molar-refractivity contribution in [3.8, 4) is 28.0 Å². The molecule has 6 rings (SSSR count). The van der Waals surface area contributed by atoms with Gasteiger partial charge in [0.15, 0.2) is 6.23 Å². The van der Waals surface area contributed by atoms with Crippen molar-refractivity contribution < 1.29 is 48.3 Å². The number of thiazole rings is 1. The SMILES string of the molecule is Cc1ncsc1-c1ccc([C@H](O)NC(=O)[C@@H]2C[C@@H](O)CN2C(=O)[C@@H](NC(=O)COCCCOCCCCCOc2ccc(C(=O)NC3C(C)(C)C(Oc4ccc(C#N)c(Cl)c4)C3(C)C)cc2)C(C)(C)C)cc1. The number of benzene rings is 3. The number of rotatable bonds is 23. The maximum Gasteiger partial charge on any atom is 0.251 e. The molecule has 0 unspecified atom stereocenters. The van der Waals surface area contributed by atoms with Crippen molar-refractivity contribution in [2.24, 2.45) is 16.2 Å². The standard InChI is InChI=1S/C54H69ClN6O10S/c1-33-44(72-32-57-33)34-13-15-35(16-14-34)46(64)59-48(66)42-27-38(62)30-61(42)49(67)45(52(2,3)4)58-43(63)31-69-25-12-24-68-23-10-9-11-26-70-39-20-17-36(18-21-39)47(65)60-50-53(5,6)51(54(50,7)8)71-40-22-19-37(29-56)41(55)28-40/h13-22,28,32,38,42,45-46,50-51,62,64H,9-12,23-27,30-31H2,1-8H3,(H,58,63)(H,59,66)(H,60,65)/t38-,42+,45-,46+,50?,51?/m1/s1. The fourth-order valence-corrected chi connectivity index (χ4v) is 10.8. The fourth-order valence-electron chi connectivity index (χ4n) is 9.75. The number of β-amino-alcohol motifs (C(OH)–C–C–N with tert-alkyl or cyclic N) is 1. The first-order valence-corrected chi connectivity index (χ1v) is 25.7. The van der Waals surface area contributed by atoms with Crippen molar-refractivity contribution in [3.05, 3.63) is 99.6 Å². The third-order valence-electron chi connectivity index (χ3n) is 13.4. The Morgan fingerprint density at radius 2 is 1.56 bits per heavy atom. The predicted octanol–water partition coefficient (Wildman–Crippen LogP) is 7.53. The number of unbranched alkanes of at least 4 members (excludes halogenated alkanes) is 2. The topological polar surface area (TPSA) is 222 Å². The van der Waals surface area contributed by atoms with E-state index in [0.717, 1.165) is 35.4 Å². The molecular weight excluding hydrogens is 960 g/mol. The number of hydrogen-bond donors (Lipinski definition) is 5. The Balaban J connectivity index is 0.825. The van der Waals surface area contributed by atoms with Gasteiger partial charge >= 0.3 is 0 Å². The van der Waals surface area contributed by atoms with Crippen LogP contribution in [0.2, 0.25) is 5.02 Å². The van der Waals surface area contributed by atoms with Crippen molar-refractivity contribution in [1.29, 1.82) is 5.26 Å². The van der Waals surface area contributed by atoms with Crippen molar-refractivity contribution >= 4 is 46.6 Å². The average Bonchev–Trinajstić information content (AvgIpc) is 3.96. The first kappa shape index (κ1) is 55.7. The van der Waals surface area contributed by atoms with Crippen molar-refractivity contribution in [3.63, 3.8) is 0 Å². The van der Waals surface area contributed by atoms with Gasteiger partial charge in [-0.15, -0.1) is 11.3 Å². The van der Waals surface area contributed by atoms with Crippen LogP contribution in [0.4, 0.5) is 0 Å². The molecule has 1 aliphatic heterocycles. The number of aryl methyl sites for hydroxylation is 1. The van der Waals surface area contributed by atoms with Gasteiger partial charge in [-0.3, -0.25) is 19.2 Å². The number of aromatic nitrogens is 1. The molecule has 1 aromatic heterocycles. The Morgan fingerprint density at radius 3 is 2.19 bits per heavy atom. The molecule has 4 atom stereocenters. The lowest BCUT2D eigenvalue weighted by atomic mass is 9.49. The summed E-state index contributed by atoms with van der Waals surface area (Å²) < 4.78 is 23.6. The number of aliphatic hydroxyl groups excluding tert-OH is 2. The molecule has 2 heterocycles. The number of amides is 4. The van der Waals surface area contributed by atoms with Gasteiger partial charge in [0.25, 0.3) is 5.91 Å². The zero-order valence-corrected chi connectivity index (χ0v) is 44.0. The Labute approximate surface area is 431 Å². The van der Waals surface area contributed by atoms with E-state index in [4.69, 9.17) is 30.5 Å².